The minimum absolute atomic E-state index is 0.736. The summed E-state index contributed by atoms with van der Waals surface area (Å²) in [5.41, 5.74) is 0.982. The van der Waals surface area contributed by atoms with E-state index >= 15 is 0 Å². The average molecular weight is 186 g/mol. The molecule has 3 heteroatoms. The summed E-state index contributed by atoms with van der Waals surface area (Å²) >= 11 is 11.6. The Labute approximate surface area is 74.3 Å². The van der Waals surface area contributed by atoms with Crippen LogP contribution in [-0.2, 0) is 0 Å². The summed E-state index contributed by atoms with van der Waals surface area (Å²) in [6.07, 6.45) is 1.79. The third-order valence-corrected chi connectivity index (χ3v) is 2.13. The van der Waals surface area contributed by atoms with Crippen molar-refractivity contribution in [3.63, 3.8) is 0 Å². The van der Waals surface area contributed by atoms with E-state index in [2.05, 4.69) is 0 Å². The first kappa shape index (κ1) is 7.01. The van der Waals surface area contributed by atoms with Gasteiger partial charge in [0.25, 0.3) is 0 Å². The molecule has 0 saturated carbocycles. The molecule has 0 bridgehead atoms. The summed E-state index contributed by atoms with van der Waals surface area (Å²) in [6.45, 7) is 0. The minimum atomic E-state index is 0.736. The highest BCUT2D eigenvalue weighted by Crippen LogP contribution is 2.20. The molecule has 2 aromatic rings. The van der Waals surface area contributed by atoms with Crippen LogP contribution in [-0.4, -0.2) is 4.09 Å². The van der Waals surface area contributed by atoms with Crippen molar-refractivity contribution in [2.45, 2.75) is 0 Å². The Balaban J connectivity index is 2.86. The normalized spacial score (nSPS) is 10.7. The van der Waals surface area contributed by atoms with Gasteiger partial charge >= 0.3 is 0 Å². The molecule has 0 radical (unpaired) electrons. The maximum Gasteiger partial charge on any atom is 0.0648 e. The second-order valence-corrected chi connectivity index (χ2v) is 3.13. The molecule has 1 aromatic carbocycles. The molecule has 0 aliphatic rings. The van der Waals surface area contributed by atoms with Crippen LogP contribution in [0.1, 0.15) is 0 Å². The molecule has 1 heterocycles. The van der Waals surface area contributed by atoms with Crippen LogP contribution in [0.2, 0.25) is 5.02 Å². The summed E-state index contributed by atoms with van der Waals surface area (Å²) in [5, 5.41) is 1.80. The zero-order chi connectivity index (χ0) is 7.84. The van der Waals surface area contributed by atoms with Gasteiger partial charge in [-0.05, 0) is 24.3 Å². The number of fused-ring (bicyclic) bond motifs is 1. The molecule has 0 aliphatic carbocycles. The van der Waals surface area contributed by atoms with Gasteiger partial charge < -0.3 is 0 Å². The van der Waals surface area contributed by atoms with Gasteiger partial charge in [0.05, 0.1) is 5.52 Å². The smallest absolute Gasteiger partial charge is 0.0648 e. The van der Waals surface area contributed by atoms with Gasteiger partial charge in [-0.2, -0.15) is 0 Å². The molecule has 0 amide bonds. The standard InChI is InChI=1S/C8H5Cl2N/c9-7-1-2-8-6(5-7)3-4-11(8)10/h1-5H. The molecule has 0 N–H and O–H groups in total. The highest BCUT2D eigenvalue weighted by atomic mass is 35.5. The molecular weight excluding hydrogens is 181 g/mol. The second-order valence-electron chi connectivity index (χ2n) is 2.33. The van der Waals surface area contributed by atoms with Crippen molar-refractivity contribution in [2.24, 2.45) is 0 Å². The number of aromatic nitrogens is 1. The van der Waals surface area contributed by atoms with E-state index in [-0.39, 0.29) is 0 Å². The van der Waals surface area contributed by atoms with E-state index < -0.39 is 0 Å². The number of halogens is 2. The van der Waals surface area contributed by atoms with E-state index in [1.807, 2.05) is 24.3 Å². The predicted octanol–water partition coefficient (Wildman–Crippen LogP) is 3.30. The fourth-order valence-electron chi connectivity index (χ4n) is 1.08. The topological polar surface area (TPSA) is 4.93 Å². The molecule has 0 fully saturated rings. The zero-order valence-electron chi connectivity index (χ0n) is 5.59. The summed E-state index contributed by atoms with van der Waals surface area (Å²) in [5.74, 6) is 0. The van der Waals surface area contributed by atoms with Crippen molar-refractivity contribution in [3.05, 3.63) is 35.5 Å². The first-order valence-corrected chi connectivity index (χ1v) is 3.92. The van der Waals surface area contributed by atoms with Crippen molar-refractivity contribution < 1.29 is 0 Å². The fraction of sp³-hybridized carbons (Fsp3) is 0. The number of hydrogen-bond donors (Lipinski definition) is 0. The van der Waals surface area contributed by atoms with Crippen molar-refractivity contribution in [2.75, 3.05) is 0 Å². The molecular formula is C8H5Cl2N. The lowest BCUT2D eigenvalue weighted by atomic mass is 10.2. The third kappa shape index (κ3) is 1.10. The molecule has 1 aromatic heterocycles. The molecule has 1 nitrogen and oxygen atoms in total. The summed E-state index contributed by atoms with van der Waals surface area (Å²) in [6, 6.07) is 7.53. The van der Waals surface area contributed by atoms with Gasteiger partial charge in [0.1, 0.15) is 0 Å². The molecule has 0 saturated heterocycles. The van der Waals surface area contributed by atoms with Crippen LogP contribution < -0.4 is 0 Å². The van der Waals surface area contributed by atoms with Gasteiger partial charge in [-0.15, -0.1) is 0 Å². The van der Waals surface area contributed by atoms with E-state index in [1.54, 1.807) is 10.3 Å². The lowest BCUT2D eigenvalue weighted by molar-refractivity contribution is 1.33. The highest BCUT2D eigenvalue weighted by molar-refractivity contribution is 6.31. The fourth-order valence-corrected chi connectivity index (χ4v) is 1.47. The van der Waals surface area contributed by atoms with Crippen molar-refractivity contribution in [1.29, 1.82) is 0 Å². The molecule has 0 spiro atoms. The maximum atomic E-state index is 5.80. The van der Waals surface area contributed by atoms with E-state index in [1.165, 1.54) is 0 Å². The van der Waals surface area contributed by atoms with Crippen LogP contribution in [0.5, 0.6) is 0 Å². The number of rotatable bonds is 0. The van der Waals surface area contributed by atoms with Gasteiger partial charge in [0, 0.05) is 28.4 Å². The predicted molar refractivity (Wildman–Crippen MR) is 48.2 cm³/mol. The number of benzene rings is 1. The number of nitrogens with zero attached hydrogens (tertiary/aromatic N) is 1. The molecule has 0 atom stereocenters. The molecule has 2 rings (SSSR count). The van der Waals surface area contributed by atoms with E-state index in [4.69, 9.17) is 23.4 Å². The summed E-state index contributed by atoms with van der Waals surface area (Å²) in [7, 11) is 0. The average Bonchev–Trinajstić information content (AvgIpc) is 2.32. The number of hydrogen-bond acceptors (Lipinski definition) is 0. The monoisotopic (exact) mass is 185 g/mol. The van der Waals surface area contributed by atoms with Crippen molar-refractivity contribution in [3.8, 4) is 0 Å². The minimum Gasteiger partial charge on any atom is -0.260 e. The van der Waals surface area contributed by atoms with Crippen LogP contribution in [0.15, 0.2) is 30.5 Å². The second kappa shape index (κ2) is 2.43. The van der Waals surface area contributed by atoms with E-state index in [0.717, 1.165) is 15.9 Å². The first-order valence-electron chi connectivity index (χ1n) is 3.20. The summed E-state index contributed by atoms with van der Waals surface area (Å²) < 4.78 is 1.55. The Morgan fingerprint density at radius 3 is 2.82 bits per heavy atom. The zero-order valence-corrected chi connectivity index (χ0v) is 7.10. The van der Waals surface area contributed by atoms with E-state index in [9.17, 15) is 0 Å². The Kier molecular flexibility index (Phi) is 1.55. The Bertz CT molecular complexity index is 392. The SMILES string of the molecule is Clc1ccc2c(ccn2Cl)c1. The Hall–Kier alpha value is -0.660. The van der Waals surface area contributed by atoms with Crippen molar-refractivity contribution >= 4 is 34.3 Å². The van der Waals surface area contributed by atoms with Crippen molar-refractivity contribution in [1.82, 2.24) is 4.09 Å². The lowest BCUT2D eigenvalue weighted by Gasteiger charge is -1.92. The van der Waals surface area contributed by atoms with Gasteiger partial charge in [-0.3, -0.25) is 4.09 Å². The first-order chi connectivity index (χ1) is 5.27. The third-order valence-electron chi connectivity index (χ3n) is 1.60. The van der Waals surface area contributed by atoms with Gasteiger partial charge in [-0.25, -0.2) is 0 Å². The Morgan fingerprint density at radius 2 is 2.00 bits per heavy atom. The van der Waals surface area contributed by atoms with Crippen LogP contribution in [0.3, 0.4) is 0 Å². The highest BCUT2D eigenvalue weighted by Gasteiger charge is 1.97. The van der Waals surface area contributed by atoms with Crippen LogP contribution in [0.4, 0.5) is 0 Å². The van der Waals surface area contributed by atoms with Crippen LogP contribution in [0.25, 0.3) is 10.9 Å². The molecule has 56 valence electrons. The van der Waals surface area contributed by atoms with Gasteiger partial charge in [0.2, 0.25) is 0 Å². The largest absolute Gasteiger partial charge is 0.260 e. The summed E-state index contributed by atoms with van der Waals surface area (Å²) in [4.78, 5) is 0. The van der Waals surface area contributed by atoms with Gasteiger partial charge in [-0.1, -0.05) is 11.6 Å². The van der Waals surface area contributed by atoms with Crippen LogP contribution in [0, 0.1) is 0 Å². The lowest BCUT2D eigenvalue weighted by Crippen LogP contribution is -1.74. The quantitative estimate of drug-likeness (QED) is 0.594. The maximum absolute atomic E-state index is 5.80. The molecule has 0 unspecified atom stereocenters. The molecule has 11 heavy (non-hydrogen) atoms. The Morgan fingerprint density at radius 1 is 1.18 bits per heavy atom. The van der Waals surface area contributed by atoms with E-state index in [0.29, 0.717) is 0 Å². The van der Waals surface area contributed by atoms with Crippen LogP contribution >= 0.6 is 23.4 Å². The van der Waals surface area contributed by atoms with Gasteiger partial charge in [0.15, 0.2) is 0 Å². The molecule has 0 aliphatic heterocycles.